The van der Waals surface area contributed by atoms with Gasteiger partial charge in [-0.1, -0.05) is 43.2 Å². The number of ether oxygens (including phenoxy) is 1. The molecule has 0 saturated carbocycles. The van der Waals surface area contributed by atoms with Gasteiger partial charge in [-0.3, -0.25) is 4.79 Å². The number of amides is 2. The molecule has 0 saturated heterocycles. The number of hydrogen-bond donors (Lipinski definition) is 0. The molecule has 0 aliphatic rings. The molecular weight excluding hydrogens is 436 g/mol. The number of carbonyl (C=O) groups is 2. The Kier molecular flexibility index (Phi) is 11.2. The number of benzene rings is 1. The Bertz CT molecular complexity index is 856. The van der Waals surface area contributed by atoms with Gasteiger partial charge in [0.1, 0.15) is 22.6 Å². The third-order valence-electron chi connectivity index (χ3n) is 4.73. The summed E-state index contributed by atoms with van der Waals surface area (Å²) in [5.41, 5.74) is 1.05. The van der Waals surface area contributed by atoms with Crippen LogP contribution < -0.4 is 0 Å². The lowest BCUT2D eigenvalue weighted by Crippen LogP contribution is -2.52. The zero-order valence-electron chi connectivity index (χ0n) is 21.2. The van der Waals surface area contributed by atoms with Gasteiger partial charge in [0.2, 0.25) is 0 Å². The minimum atomic E-state index is -1.60. The summed E-state index contributed by atoms with van der Waals surface area (Å²) in [6.07, 6.45) is 1.75. The van der Waals surface area contributed by atoms with Crippen molar-refractivity contribution < 1.29 is 18.5 Å². The number of carbonyl (C=O) groups excluding carboxylic acids is 2. The molecule has 0 radical (unpaired) electrons. The van der Waals surface area contributed by atoms with Crippen molar-refractivity contribution in [3.63, 3.8) is 0 Å². The monoisotopic (exact) mass is 476 g/mol. The van der Waals surface area contributed by atoms with Crippen molar-refractivity contribution in [1.82, 2.24) is 9.21 Å². The first-order valence-corrected chi connectivity index (χ1v) is 12.4. The predicted molar refractivity (Wildman–Crippen MR) is 135 cm³/mol. The molecule has 6 nitrogen and oxygen atoms in total. The summed E-state index contributed by atoms with van der Waals surface area (Å²) in [5.74, 6) is -0.130. The second kappa shape index (κ2) is 12.8. The maximum absolute atomic E-state index is 13.7. The van der Waals surface area contributed by atoms with Gasteiger partial charge in [-0.2, -0.15) is 0 Å². The Morgan fingerprint density at radius 3 is 2.21 bits per heavy atom. The van der Waals surface area contributed by atoms with Crippen LogP contribution in [0.25, 0.3) is 0 Å². The highest BCUT2D eigenvalue weighted by Gasteiger charge is 2.37. The predicted octanol–water partition coefficient (Wildman–Crippen LogP) is 5.65. The molecule has 0 heterocycles. The average Bonchev–Trinajstić information content (AvgIpc) is 2.69. The fourth-order valence-corrected chi connectivity index (χ4v) is 4.36. The summed E-state index contributed by atoms with van der Waals surface area (Å²) >= 11 is 0. The summed E-state index contributed by atoms with van der Waals surface area (Å²) in [7, 11) is -1.60. The molecule has 0 bridgehead atoms. The van der Waals surface area contributed by atoms with Gasteiger partial charge < -0.3 is 4.74 Å². The second-order valence-electron chi connectivity index (χ2n) is 9.78. The lowest BCUT2D eigenvalue weighted by molar-refractivity contribution is -0.133. The minimum Gasteiger partial charge on any atom is -0.443 e. The van der Waals surface area contributed by atoms with Crippen LogP contribution in [0.1, 0.15) is 59.9 Å². The Balaban J connectivity index is 3.44. The molecule has 1 rings (SSSR count). The van der Waals surface area contributed by atoms with Crippen LogP contribution >= 0.6 is 0 Å². The van der Waals surface area contributed by atoms with E-state index in [9.17, 15) is 13.8 Å². The Morgan fingerprint density at radius 1 is 1.18 bits per heavy atom. The third kappa shape index (κ3) is 9.64. The third-order valence-corrected chi connectivity index (χ3v) is 6.27. The van der Waals surface area contributed by atoms with Crippen molar-refractivity contribution in [2.45, 2.75) is 77.8 Å². The molecule has 0 fully saturated rings. The van der Waals surface area contributed by atoms with Gasteiger partial charge in [0.15, 0.2) is 0 Å². The van der Waals surface area contributed by atoms with Gasteiger partial charge >= 0.3 is 6.09 Å². The first kappa shape index (κ1) is 28.8. The summed E-state index contributed by atoms with van der Waals surface area (Å²) in [4.78, 5) is 28.2. The molecule has 0 spiro atoms. The zero-order chi connectivity index (χ0) is 25.3. The molecule has 0 aromatic heterocycles. The first-order valence-electron chi connectivity index (χ1n) is 11.3. The van der Waals surface area contributed by atoms with Gasteiger partial charge in [-0.25, -0.2) is 18.2 Å². The smallest absolute Gasteiger partial charge is 0.417 e. The molecule has 184 valence electrons. The Hall–Kier alpha value is -2.25. The van der Waals surface area contributed by atoms with Crippen LogP contribution in [0.3, 0.4) is 0 Å². The van der Waals surface area contributed by atoms with Gasteiger partial charge in [0, 0.05) is 13.1 Å². The van der Waals surface area contributed by atoms with E-state index in [1.807, 2.05) is 38.1 Å². The highest BCUT2D eigenvalue weighted by molar-refractivity contribution is 7.82. The maximum Gasteiger partial charge on any atom is 0.417 e. The summed E-state index contributed by atoms with van der Waals surface area (Å²) in [6, 6.07) is 6.58. The van der Waals surface area contributed by atoms with Gasteiger partial charge in [-0.15, -0.1) is 13.2 Å². The lowest BCUT2D eigenvalue weighted by atomic mass is 10.1. The largest absolute Gasteiger partial charge is 0.443 e. The fraction of sp³-hybridized carbons (Fsp3) is 0.538. The maximum atomic E-state index is 13.7. The molecule has 0 aliphatic heterocycles. The molecule has 33 heavy (non-hydrogen) atoms. The standard InChI is InChI=1S/C26H40N2O4S/c1-10-16-27(25(30)32-26(7,8)9)24(29)23(18-20(4)5)28(17-15-19(2)3)33(31)22-13-11-21(6)12-14-22/h10-14,19,23H,1,4,15-18H2,2-3,5-9H3/t23-,33?/m0/s1. The van der Waals surface area contributed by atoms with E-state index in [2.05, 4.69) is 27.0 Å². The van der Waals surface area contributed by atoms with E-state index in [1.54, 1.807) is 25.1 Å². The van der Waals surface area contributed by atoms with Crippen molar-refractivity contribution in [2.24, 2.45) is 5.92 Å². The van der Waals surface area contributed by atoms with Gasteiger partial charge in [0.25, 0.3) is 5.91 Å². The van der Waals surface area contributed by atoms with E-state index in [1.165, 1.54) is 6.08 Å². The first-order chi connectivity index (χ1) is 15.3. The summed E-state index contributed by atoms with van der Waals surface area (Å²) in [5, 5.41) is 0. The molecule has 0 N–H and O–H groups in total. The van der Waals surface area contributed by atoms with Crippen molar-refractivity contribution >= 4 is 23.0 Å². The lowest BCUT2D eigenvalue weighted by Gasteiger charge is -2.34. The van der Waals surface area contributed by atoms with Crippen LogP contribution in [0.15, 0.2) is 54.0 Å². The Labute approximate surface area is 202 Å². The van der Waals surface area contributed by atoms with Crippen molar-refractivity contribution in [3.8, 4) is 0 Å². The molecule has 2 atom stereocenters. The van der Waals surface area contributed by atoms with E-state index < -0.39 is 34.6 Å². The van der Waals surface area contributed by atoms with Crippen LogP contribution in [-0.4, -0.2) is 50.1 Å². The van der Waals surface area contributed by atoms with E-state index >= 15 is 0 Å². The van der Waals surface area contributed by atoms with Crippen LogP contribution in [0, 0.1) is 12.8 Å². The molecule has 1 unspecified atom stereocenters. The number of rotatable bonds is 11. The van der Waals surface area contributed by atoms with Crippen molar-refractivity contribution in [3.05, 3.63) is 54.6 Å². The van der Waals surface area contributed by atoms with E-state index in [0.717, 1.165) is 22.5 Å². The molecule has 1 aromatic rings. The van der Waals surface area contributed by atoms with Crippen LogP contribution in [0.2, 0.25) is 0 Å². The quantitative estimate of drug-likeness (QED) is 0.387. The SMILES string of the molecule is C=CCN(C(=O)OC(C)(C)C)C(=O)[C@H](CC(=C)C)N(CCC(C)C)S(=O)c1ccc(C)cc1. The van der Waals surface area contributed by atoms with Gasteiger partial charge in [-0.05, 0) is 65.5 Å². The molecule has 2 amide bonds. The van der Waals surface area contributed by atoms with Gasteiger partial charge in [0.05, 0.1) is 4.90 Å². The number of nitrogens with zero attached hydrogens (tertiary/aromatic N) is 2. The second-order valence-corrected chi connectivity index (χ2v) is 11.2. The fourth-order valence-electron chi connectivity index (χ4n) is 3.05. The average molecular weight is 477 g/mol. The molecule has 1 aromatic carbocycles. The molecule has 0 aliphatic carbocycles. The van der Waals surface area contributed by atoms with Crippen LogP contribution in [0.5, 0.6) is 0 Å². The van der Waals surface area contributed by atoms with E-state index in [0.29, 0.717) is 17.4 Å². The molecular formula is C26H40N2O4S. The van der Waals surface area contributed by atoms with E-state index in [4.69, 9.17) is 4.74 Å². The number of aryl methyl sites for hydroxylation is 1. The zero-order valence-corrected chi connectivity index (χ0v) is 22.0. The summed E-state index contributed by atoms with van der Waals surface area (Å²) < 4.78 is 20.8. The van der Waals surface area contributed by atoms with Crippen LogP contribution in [-0.2, 0) is 20.5 Å². The highest BCUT2D eigenvalue weighted by atomic mass is 32.2. The van der Waals surface area contributed by atoms with E-state index in [-0.39, 0.29) is 13.0 Å². The summed E-state index contributed by atoms with van der Waals surface area (Å²) in [6.45, 7) is 21.3. The number of hydrogen-bond acceptors (Lipinski definition) is 4. The van der Waals surface area contributed by atoms with Crippen molar-refractivity contribution in [1.29, 1.82) is 0 Å². The Morgan fingerprint density at radius 2 is 1.76 bits per heavy atom. The molecule has 7 heteroatoms. The number of imide groups is 1. The van der Waals surface area contributed by atoms with Crippen LogP contribution in [0.4, 0.5) is 4.79 Å². The van der Waals surface area contributed by atoms with Crippen molar-refractivity contribution in [2.75, 3.05) is 13.1 Å². The minimum absolute atomic E-state index is 0.00434. The highest BCUT2D eigenvalue weighted by Crippen LogP contribution is 2.23. The topological polar surface area (TPSA) is 66.9 Å². The normalized spacial score (nSPS) is 13.5.